The molecule has 0 fully saturated rings. The maximum atomic E-state index is 12.1. The van der Waals surface area contributed by atoms with Gasteiger partial charge >= 0.3 is 0 Å². The first-order valence-corrected chi connectivity index (χ1v) is 7.38. The molecule has 0 radical (unpaired) electrons. The van der Waals surface area contributed by atoms with E-state index < -0.39 is 0 Å². The summed E-state index contributed by atoms with van der Waals surface area (Å²) in [6.45, 7) is 3.70. The van der Waals surface area contributed by atoms with Crippen molar-refractivity contribution < 1.29 is 9.90 Å². The molecule has 1 aliphatic rings. The molecule has 0 unspecified atom stereocenters. The van der Waals surface area contributed by atoms with Crippen molar-refractivity contribution in [1.29, 1.82) is 0 Å². The lowest BCUT2D eigenvalue weighted by atomic mass is 10.0. The van der Waals surface area contributed by atoms with Crippen molar-refractivity contribution in [1.82, 2.24) is 0 Å². The Morgan fingerprint density at radius 2 is 1.81 bits per heavy atom. The van der Waals surface area contributed by atoms with Crippen LogP contribution < -0.4 is 5.32 Å². The van der Waals surface area contributed by atoms with E-state index in [0.717, 1.165) is 32.4 Å². The maximum absolute atomic E-state index is 12.1. The first kappa shape index (κ1) is 13.9. The highest BCUT2D eigenvalue weighted by molar-refractivity contribution is 9.10. The van der Waals surface area contributed by atoms with Gasteiger partial charge in [-0.05, 0) is 66.9 Å². The zero-order valence-corrected chi connectivity index (χ0v) is 13.3. The predicted molar refractivity (Wildman–Crippen MR) is 88.2 cm³/mol. The molecular weight excluding hydrogens is 330 g/mol. The Labute approximate surface area is 131 Å². The van der Waals surface area contributed by atoms with E-state index in [1.807, 2.05) is 50.3 Å². The number of carbonyl (C=O) groups excluding carboxylic acids is 1. The summed E-state index contributed by atoms with van der Waals surface area (Å²) in [4.78, 5) is 12.1. The molecule has 0 saturated heterocycles. The third-order valence-corrected chi connectivity index (χ3v) is 4.08. The van der Waals surface area contributed by atoms with Gasteiger partial charge in [-0.2, -0.15) is 0 Å². The average Bonchev–Trinajstić information content (AvgIpc) is 2.72. The van der Waals surface area contributed by atoms with E-state index in [4.69, 9.17) is 0 Å². The van der Waals surface area contributed by atoms with Crippen LogP contribution >= 0.6 is 15.9 Å². The van der Waals surface area contributed by atoms with E-state index in [9.17, 15) is 9.90 Å². The maximum Gasteiger partial charge on any atom is 0.256 e. The van der Waals surface area contributed by atoms with Gasteiger partial charge in [0.25, 0.3) is 5.91 Å². The molecule has 0 bridgehead atoms. The molecule has 1 aliphatic heterocycles. The molecule has 3 nitrogen and oxygen atoms in total. The molecule has 0 saturated carbocycles. The van der Waals surface area contributed by atoms with Crippen LogP contribution in [0.25, 0.3) is 11.6 Å². The van der Waals surface area contributed by atoms with E-state index >= 15 is 0 Å². The second-order valence-corrected chi connectivity index (χ2v) is 6.12. The number of fused-ring (bicyclic) bond motifs is 1. The number of phenolic OH excluding ortho intramolecular Hbond substituents is 1. The number of aryl methyl sites for hydroxylation is 2. The summed E-state index contributed by atoms with van der Waals surface area (Å²) in [6, 6.07) is 9.46. The zero-order chi connectivity index (χ0) is 15.1. The third-order valence-electron chi connectivity index (χ3n) is 3.59. The minimum Gasteiger partial charge on any atom is -0.507 e. The molecular formula is C17H14BrNO2. The van der Waals surface area contributed by atoms with E-state index in [0.29, 0.717) is 11.3 Å². The van der Waals surface area contributed by atoms with Gasteiger partial charge in [-0.1, -0.05) is 15.9 Å². The summed E-state index contributed by atoms with van der Waals surface area (Å²) < 4.78 is 0.932. The molecule has 3 rings (SSSR count). The minimum absolute atomic E-state index is 0.105. The molecule has 2 N–H and O–H groups in total. The number of anilines is 1. The first-order valence-electron chi connectivity index (χ1n) is 6.59. The molecule has 1 amide bonds. The summed E-state index contributed by atoms with van der Waals surface area (Å²) in [5, 5.41) is 12.7. The quantitative estimate of drug-likeness (QED) is 0.760. The molecule has 0 aromatic heterocycles. The number of phenols is 1. The van der Waals surface area contributed by atoms with Gasteiger partial charge in [0, 0.05) is 21.3 Å². The normalized spacial score (nSPS) is 15.2. The number of nitrogens with one attached hydrogen (secondary N) is 1. The lowest BCUT2D eigenvalue weighted by Gasteiger charge is -2.06. The summed E-state index contributed by atoms with van der Waals surface area (Å²) >= 11 is 3.43. The van der Waals surface area contributed by atoms with Crippen molar-refractivity contribution in [2.45, 2.75) is 13.8 Å². The summed E-state index contributed by atoms with van der Waals surface area (Å²) in [7, 11) is 0. The van der Waals surface area contributed by atoms with Crippen LogP contribution in [0.4, 0.5) is 5.69 Å². The van der Waals surface area contributed by atoms with Crippen molar-refractivity contribution in [2.75, 3.05) is 5.32 Å². The van der Waals surface area contributed by atoms with Crippen LogP contribution in [0.5, 0.6) is 5.75 Å². The van der Waals surface area contributed by atoms with E-state index in [1.54, 1.807) is 0 Å². The Bertz CT molecular complexity index is 770. The van der Waals surface area contributed by atoms with Crippen LogP contribution in [0.1, 0.15) is 22.3 Å². The highest BCUT2D eigenvalue weighted by Crippen LogP contribution is 2.35. The number of hydrogen-bond donors (Lipinski definition) is 2. The van der Waals surface area contributed by atoms with Gasteiger partial charge in [0.2, 0.25) is 0 Å². The molecule has 2 aromatic rings. The average molecular weight is 344 g/mol. The number of carbonyl (C=O) groups is 1. The molecule has 2 aromatic carbocycles. The summed E-state index contributed by atoms with van der Waals surface area (Å²) in [5.74, 6) is 0.197. The number of amides is 1. The summed E-state index contributed by atoms with van der Waals surface area (Å²) in [5.41, 5.74) is 4.85. The molecule has 21 heavy (non-hydrogen) atoms. The summed E-state index contributed by atoms with van der Waals surface area (Å²) in [6.07, 6.45) is 1.85. The number of rotatable bonds is 1. The Morgan fingerprint density at radius 3 is 2.48 bits per heavy atom. The van der Waals surface area contributed by atoms with Crippen molar-refractivity contribution in [2.24, 2.45) is 0 Å². The second kappa shape index (κ2) is 5.04. The fourth-order valence-electron chi connectivity index (χ4n) is 2.54. The Balaban J connectivity index is 2.13. The fraction of sp³-hybridized carbons (Fsp3) is 0.118. The van der Waals surface area contributed by atoms with Gasteiger partial charge in [0.1, 0.15) is 5.75 Å². The van der Waals surface area contributed by atoms with Crippen molar-refractivity contribution in [3.63, 3.8) is 0 Å². The molecule has 0 spiro atoms. The lowest BCUT2D eigenvalue weighted by molar-refractivity contribution is -0.110. The molecule has 0 atom stereocenters. The Hall–Kier alpha value is -2.07. The number of halogens is 1. The van der Waals surface area contributed by atoms with Gasteiger partial charge in [-0.25, -0.2) is 0 Å². The van der Waals surface area contributed by atoms with Gasteiger partial charge in [-0.15, -0.1) is 0 Å². The van der Waals surface area contributed by atoms with Crippen LogP contribution in [-0.4, -0.2) is 11.0 Å². The SMILES string of the molecule is Cc1cc(/C=C2/C(=O)Nc3ccc(Br)cc32)cc(C)c1O. The van der Waals surface area contributed by atoms with E-state index in [2.05, 4.69) is 21.2 Å². The standard InChI is InChI=1S/C17H14BrNO2/c1-9-5-11(6-10(2)16(9)20)7-14-13-8-12(18)3-4-15(13)19-17(14)21/h3-8,20H,1-2H3,(H,19,21)/b14-7+. The van der Waals surface area contributed by atoms with E-state index in [1.165, 1.54) is 0 Å². The Kier molecular flexibility index (Phi) is 3.33. The smallest absolute Gasteiger partial charge is 0.256 e. The number of hydrogen-bond acceptors (Lipinski definition) is 2. The second-order valence-electron chi connectivity index (χ2n) is 5.21. The van der Waals surface area contributed by atoms with Crippen LogP contribution in [-0.2, 0) is 4.79 Å². The molecule has 1 heterocycles. The number of aromatic hydroxyl groups is 1. The third kappa shape index (κ3) is 2.47. The monoisotopic (exact) mass is 343 g/mol. The van der Waals surface area contributed by atoms with Crippen molar-refractivity contribution in [3.05, 3.63) is 57.1 Å². The van der Waals surface area contributed by atoms with Crippen LogP contribution in [0.2, 0.25) is 0 Å². The first-order chi connectivity index (χ1) is 9.95. The van der Waals surface area contributed by atoms with Crippen LogP contribution in [0.3, 0.4) is 0 Å². The minimum atomic E-state index is -0.105. The molecule has 106 valence electrons. The molecule has 4 heteroatoms. The van der Waals surface area contributed by atoms with Gasteiger partial charge in [0.15, 0.2) is 0 Å². The topological polar surface area (TPSA) is 49.3 Å². The van der Waals surface area contributed by atoms with Crippen molar-refractivity contribution in [3.8, 4) is 5.75 Å². The number of benzene rings is 2. The lowest BCUT2D eigenvalue weighted by Crippen LogP contribution is -2.03. The van der Waals surface area contributed by atoms with Crippen LogP contribution in [0.15, 0.2) is 34.8 Å². The van der Waals surface area contributed by atoms with E-state index in [-0.39, 0.29) is 5.91 Å². The van der Waals surface area contributed by atoms with Gasteiger partial charge < -0.3 is 10.4 Å². The van der Waals surface area contributed by atoms with Crippen molar-refractivity contribution >= 4 is 39.2 Å². The molecule has 0 aliphatic carbocycles. The van der Waals surface area contributed by atoms with Gasteiger partial charge in [0.05, 0.1) is 0 Å². The predicted octanol–water partition coefficient (Wildman–Crippen LogP) is 4.26. The van der Waals surface area contributed by atoms with Crippen LogP contribution in [0, 0.1) is 13.8 Å². The van der Waals surface area contributed by atoms with Gasteiger partial charge in [-0.3, -0.25) is 4.79 Å². The highest BCUT2D eigenvalue weighted by Gasteiger charge is 2.24. The fourth-order valence-corrected chi connectivity index (χ4v) is 2.90. The largest absolute Gasteiger partial charge is 0.507 e. The zero-order valence-electron chi connectivity index (χ0n) is 11.7. The highest BCUT2D eigenvalue weighted by atomic mass is 79.9. The Morgan fingerprint density at radius 1 is 1.14 bits per heavy atom.